The highest BCUT2D eigenvalue weighted by Crippen LogP contribution is 2.36. The average Bonchev–Trinajstić information content (AvgIpc) is 2.71. The molecule has 0 aromatic rings. The molecule has 5 nitrogen and oxygen atoms in total. The van der Waals surface area contributed by atoms with Crippen LogP contribution in [0, 0.1) is 17.8 Å². The van der Waals surface area contributed by atoms with Crippen molar-refractivity contribution in [3.05, 3.63) is 0 Å². The van der Waals surface area contributed by atoms with Gasteiger partial charge in [0.05, 0.1) is 24.0 Å². The first-order valence-corrected chi connectivity index (χ1v) is 6.48. The van der Waals surface area contributed by atoms with Crippen molar-refractivity contribution in [2.75, 3.05) is 6.61 Å². The smallest absolute Gasteiger partial charge is 0.307 e. The van der Waals surface area contributed by atoms with Gasteiger partial charge >= 0.3 is 5.97 Å². The van der Waals surface area contributed by atoms with Crippen LogP contribution in [-0.4, -0.2) is 34.2 Å². The molecule has 0 aliphatic heterocycles. The number of carboxylic acid groups (broad SMARTS) is 1. The largest absolute Gasteiger partial charge is 0.481 e. The summed E-state index contributed by atoms with van der Waals surface area (Å²) in [6.07, 6.45) is 1.76. The monoisotopic (exact) mass is 257 g/mol. The van der Waals surface area contributed by atoms with Crippen molar-refractivity contribution in [3.63, 3.8) is 0 Å². The summed E-state index contributed by atoms with van der Waals surface area (Å²) < 4.78 is 0. The van der Waals surface area contributed by atoms with E-state index >= 15 is 0 Å². The van der Waals surface area contributed by atoms with Crippen LogP contribution >= 0.6 is 0 Å². The lowest BCUT2D eigenvalue weighted by Crippen LogP contribution is -2.51. The van der Waals surface area contributed by atoms with Gasteiger partial charge in [-0.05, 0) is 32.1 Å². The number of rotatable bonds is 5. The van der Waals surface area contributed by atoms with Gasteiger partial charge < -0.3 is 15.5 Å². The van der Waals surface area contributed by atoms with E-state index in [0.717, 1.165) is 0 Å². The molecule has 3 N–H and O–H groups in total. The minimum Gasteiger partial charge on any atom is -0.481 e. The van der Waals surface area contributed by atoms with Gasteiger partial charge in [-0.3, -0.25) is 9.59 Å². The van der Waals surface area contributed by atoms with Crippen molar-refractivity contribution in [3.8, 4) is 0 Å². The summed E-state index contributed by atoms with van der Waals surface area (Å²) in [7, 11) is 0. The van der Waals surface area contributed by atoms with Gasteiger partial charge in [-0.2, -0.15) is 0 Å². The summed E-state index contributed by atoms with van der Waals surface area (Å²) in [4.78, 5) is 23.3. The molecule has 0 bridgehead atoms. The summed E-state index contributed by atoms with van der Waals surface area (Å²) >= 11 is 0. The number of carbonyl (C=O) groups is 2. The number of hydrogen-bond donors (Lipinski definition) is 3. The van der Waals surface area contributed by atoms with E-state index in [1.54, 1.807) is 6.92 Å². The number of nitrogens with one attached hydrogen (secondary N) is 1. The van der Waals surface area contributed by atoms with E-state index in [1.807, 2.05) is 13.8 Å². The Morgan fingerprint density at radius 1 is 1.33 bits per heavy atom. The summed E-state index contributed by atoms with van der Waals surface area (Å²) in [6.45, 7) is 5.46. The zero-order valence-corrected chi connectivity index (χ0v) is 11.3. The molecule has 1 saturated carbocycles. The normalized spacial score (nSPS) is 30.8. The minimum atomic E-state index is -0.901. The van der Waals surface area contributed by atoms with E-state index < -0.39 is 23.3 Å². The third kappa shape index (κ3) is 3.22. The molecule has 0 saturated heterocycles. The van der Waals surface area contributed by atoms with Crippen LogP contribution in [0.15, 0.2) is 0 Å². The molecule has 104 valence electrons. The van der Waals surface area contributed by atoms with E-state index in [-0.39, 0.29) is 18.4 Å². The van der Waals surface area contributed by atoms with Gasteiger partial charge in [0, 0.05) is 0 Å². The molecule has 2 unspecified atom stereocenters. The molecular weight excluding hydrogens is 234 g/mol. The highest BCUT2D eigenvalue weighted by Gasteiger charge is 2.42. The first kappa shape index (κ1) is 15.0. The van der Waals surface area contributed by atoms with Gasteiger partial charge in [0.15, 0.2) is 0 Å². The van der Waals surface area contributed by atoms with Crippen molar-refractivity contribution in [2.24, 2.45) is 17.8 Å². The SMILES string of the molecule is CCC(C)(CO)NC(=O)[C@H]1CC(C)C[C@H]1C(=O)O. The third-order valence-corrected chi connectivity index (χ3v) is 4.01. The van der Waals surface area contributed by atoms with Crippen LogP contribution in [0.3, 0.4) is 0 Å². The van der Waals surface area contributed by atoms with E-state index in [1.165, 1.54) is 0 Å². The van der Waals surface area contributed by atoms with Crippen LogP contribution in [0.5, 0.6) is 0 Å². The molecule has 1 aliphatic rings. The molecule has 0 aromatic heterocycles. The van der Waals surface area contributed by atoms with Crippen LogP contribution in [0.1, 0.15) is 40.0 Å². The van der Waals surface area contributed by atoms with Crippen molar-refractivity contribution in [1.29, 1.82) is 0 Å². The topological polar surface area (TPSA) is 86.6 Å². The second-order valence-corrected chi connectivity index (χ2v) is 5.69. The Balaban J connectivity index is 2.74. The van der Waals surface area contributed by atoms with Crippen LogP contribution < -0.4 is 5.32 Å². The van der Waals surface area contributed by atoms with Gasteiger partial charge in [0.2, 0.25) is 5.91 Å². The predicted molar refractivity (Wildman–Crippen MR) is 66.9 cm³/mol. The fourth-order valence-electron chi connectivity index (χ4n) is 2.48. The number of aliphatic hydroxyl groups excluding tert-OH is 1. The highest BCUT2D eigenvalue weighted by atomic mass is 16.4. The lowest BCUT2D eigenvalue weighted by atomic mass is 9.92. The van der Waals surface area contributed by atoms with Gasteiger partial charge in [-0.25, -0.2) is 0 Å². The molecule has 5 heteroatoms. The molecule has 18 heavy (non-hydrogen) atoms. The minimum absolute atomic E-state index is 0.144. The zero-order chi connectivity index (χ0) is 13.9. The summed E-state index contributed by atoms with van der Waals surface area (Å²) in [6, 6.07) is 0. The highest BCUT2D eigenvalue weighted by molar-refractivity contribution is 5.85. The standard InChI is InChI=1S/C13H23NO4/c1-4-13(3,7-15)14-11(16)9-5-8(2)6-10(9)12(17)18/h8-10,15H,4-7H2,1-3H3,(H,14,16)(H,17,18)/t8?,9-,10+,13?/m0/s1. The van der Waals surface area contributed by atoms with Crippen LogP contribution in [0.2, 0.25) is 0 Å². The summed E-state index contributed by atoms with van der Waals surface area (Å²) in [5, 5.41) is 21.2. The Morgan fingerprint density at radius 3 is 2.33 bits per heavy atom. The molecule has 1 aliphatic carbocycles. The predicted octanol–water partition coefficient (Wildman–Crippen LogP) is 1.01. The van der Waals surface area contributed by atoms with E-state index in [0.29, 0.717) is 19.3 Å². The second-order valence-electron chi connectivity index (χ2n) is 5.69. The Kier molecular flexibility index (Phi) is 4.73. The van der Waals surface area contributed by atoms with Gasteiger partial charge in [0.1, 0.15) is 0 Å². The fraction of sp³-hybridized carbons (Fsp3) is 0.846. The summed E-state index contributed by atoms with van der Waals surface area (Å²) in [5.74, 6) is -1.97. The van der Waals surface area contributed by atoms with Crippen molar-refractivity contribution >= 4 is 11.9 Å². The van der Waals surface area contributed by atoms with Crippen LogP contribution in [0.25, 0.3) is 0 Å². The number of aliphatic carboxylic acids is 1. The number of aliphatic hydroxyl groups is 1. The Morgan fingerprint density at radius 2 is 1.89 bits per heavy atom. The zero-order valence-electron chi connectivity index (χ0n) is 11.3. The molecule has 1 amide bonds. The molecular formula is C13H23NO4. The van der Waals surface area contributed by atoms with Gasteiger partial charge in [-0.1, -0.05) is 13.8 Å². The van der Waals surface area contributed by atoms with Crippen molar-refractivity contribution < 1.29 is 19.8 Å². The number of hydrogen-bond acceptors (Lipinski definition) is 3. The van der Waals surface area contributed by atoms with Crippen molar-refractivity contribution in [1.82, 2.24) is 5.32 Å². The van der Waals surface area contributed by atoms with E-state index in [9.17, 15) is 14.7 Å². The first-order valence-electron chi connectivity index (χ1n) is 6.48. The van der Waals surface area contributed by atoms with Gasteiger partial charge in [-0.15, -0.1) is 0 Å². The Labute approximate surface area is 108 Å². The Hall–Kier alpha value is -1.10. The second kappa shape index (κ2) is 5.69. The maximum atomic E-state index is 12.2. The fourth-order valence-corrected chi connectivity index (χ4v) is 2.48. The van der Waals surface area contributed by atoms with Crippen LogP contribution in [0.4, 0.5) is 0 Å². The number of amides is 1. The third-order valence-electron chi connectivity index (χ3n) is 4.01. The maximum absolute atomic E-state index is 12.2. The lowest BCUT2D eigenvalue weighted by molar-refractivity contribution is -0.146. The number of carbonyl (C=O) groups excluding carboxylic acids is 1. The van der Waals surface area contributed by atoms with Crippen molar-refractivity contribution in [2.45, 2.75) is 45.6 Å². The molecule has 1 fully saturated rings. The Bertz CT molecular complexity index is 325. The average molecular weight is 257 g/mol. The maximum Gasteiger partial charge on any atom is 0.307 e. The van der Waals surface area contributed by atoms with E-state index in [2.05, 4.69) is 5.32 Å². The number of carboxylic acids is 1. The van der Waals surface area contributed by atoms with Gasteiger partial charge in [0.25, 0.3) is 0 Å². The molecule has 0 spiro atoms. The molecule has 1 rings (SSSR count). The lowest BCUT2D eigenvalue weighted by Gasteiger charge is -2.29. The van der Waals surface area contributed by atoms with Crippen LogP contribution in [-0.2, 0) is 9.59 Å². The quantitative estimate of drug-likeness (QED) is 0.686. The van der Waals surface area contributed by atoms with E-state index in [4.69, 9.17) is 5.11 Å². The first-order chi connectivity index (χ1) is 8.33. The molecule has 0 aromatic carbocycles. The summed E-state index contributed by atoms with van der Waals surface area (Å²) in [5.41, 5.74) is -0.661. The molecule has 0 heterocycles. The molecule has 0 radical (unpaired) electrons. The molecule has 4 atom stereocenters.